The van der Waals surface area contributed by atoms with E-state index >= 15 is 0 Å². The van der Waals surface area contributed by atoms with E-state index in [4.69, 9.17) is 0 Å². The molecule has 1 aromatic rings. The van der Waals surface area contributed by atoms with E-state index in [0.717, 1.165) is 57.1 Å². The average molecular weight is 372 g/mol. The minimum atomic E-state index is -1.22. The van der Waals surface area contributed by atoms with Crippen molar-refractivity contribution in [1.82, 2.24) is 14.8 Å². The van der Waals surface area contributed by atoms with Crippen LogP contribution in [0.1, 0.15) is 62.6 Å². The second kappa shape index (κ2) is 8.27. The molecule has 3 heterocycles. The van der Waals surface area contributed by atoms with Gasteiger partial charge in [0.05, 0.1) is 0 Å². The number of pyridine rings is 1. The van der Waals surface area contributed by atoms with Gasteiger partial charge in [0.25, 0.3) is 5.91 Å². The molecule has 5 nitrogen and oxygen atoms in total. The van der Waals surface area contributed by atoms with E-state index in [1.807, 2.05) is 17.2 Å². The van der Waals surface area contributed by atoms with Crippen molar-refractivity contribution in [2.45, 2.75) is 69.9 Å². The van der Waals surface area contributed by atoms with Gasteiger partial charge in [-0.3, -0.25) is 14.7 Å². The molecule has 1 saturated carbocycles. The van der Waals surface area contributed by atoms with Crippen LogP contribution >= 0.6 is 0 Å². The third kappa shape index (κ3) is 4.35. The Morgan fingerprint density at radius 2 is 2.04 bits per heavy atom. The fraction of sp³-hybridized carbons (Fsp3) is 0.727. The molecule has 148 valence electrons. The molecule has 0 spiro atoms. The molecule has 2 fully saturated rings. The van der Waals surface area contributed by atoms with Gasteiger partial charge in [0.15, 0.2) is 5.60 Å². The summed E-state index contributed by atoms with van der Waals surface area (Å²) in [5.41, 5.74) is 1.17. The maximum Gasteiger partial charge on any atom is 0.255 e. The van der Waals surface area contributed by atoms with Crippen molar-refractivity contribution in [2.24, 2.45) is 5.92 Å². The number of likely N-dealkylation sites (tertiary alicyclic amines) is 1. The number of β-amino-alcohol motifs (C(OH)–C–C–N with tert-alkyl or cyclic N) is 1. The first-order chi connectivity index (χ1) is 13.1. The molecule has 27 heavy (non-hydrogen) atoms. The zero-order valence-electron chi connectivity index (χ0n) is 16.4. The fourth-order valence-electron chi connectivity index (χ4n) is 5.17. The molecule has 1 saturated heterocycles. The minimum Gasteiger partial charge on any atom is -0.379 e. The molecule has 0 unspecified atom stereocenters. The van der Waals surface area contributed by atoms with Crippen molar-refractivity contribution < 1.29 is 9.90 Å². The first-order valence-corrected chi connectivity index (χ1v) is 10.8. The largest absolute Gasteiger partial charge is 0.379 e. The van der Waals surface area contributed by atoms with E-state index < -0.39 is 5.60 Å². The molecule has 4 rings (SSSR count). The van der Waals surface area contributed by atoms with Gasteiger partial charge in [-0.2, -0.15) is 0 Å². The molecule has 1 atom stereocenters. The number of piperidine rings is 1. The number of rotatable bonds is 5. The molecular weight excluding hydrogens is 338 g/mol. The van der Waals surface area contributed by atoms with Crippen molar-refractivity contribution in [3.05, 3.63) is 29.6 Å². The van der Waals surface area contributed by atoms with Gasteiger partial charge >= 0.3 is 0 Å². The van der Waals surface area contributed by atoms with E-state index in [2.05, 4.69) is 16.0 Å². The molecule has 0 aromatic carbocycles. The number of carbonyl (C=O) groups excluding carboxylic acids is 1. The van der Waals surface area contributed by atoms with Crippen LogP contribution in [-0.4, -0.2) is 57.6 Å². The standard InChI is InChI=1S/C22H33N3O2/c26-21-22(27,17-24-14-10-20-19(16-24)8-4-12-23-20)11-5-13-25(21)15-9-18-6-2-1-3-7-18/h4,8,12,18,27H,1-3,5-7,9-11,13-17H2/t22-/m1/s1. The van der Waals surface area contributed by atoms with Gasteiger partial charge in [0, 0.05) is 51.0 Å². The lowest BCUT2D eigenvalue weighted by atomic mass is 9.86. The summed E-state index contributed by atoms with van der Waals surface area (Å²) in [7, 11) is 0. The highest BCUT2D eigenvalue weighted by Crippen LogP contribution is 2.29. The van der Waals surface area contributed by atoms with Crippen molar-refractivity contribution in [3.63, 3.8) is 0 Å². The summed E-state index contributed by atoms with van der Waals surface area (Å²) >= 11 is 0. The normalized spacial score (nSPS) is 27.6. The Hall–Kier alpha value is -1.46. The Morgan fingerprint density at radius 3 is 2.89 bits per heavy atom. The van der Waals surface area contributed by atoms with Crippen LogP contribution in [0.3, 0.4) is 0 Å². The monoisotopic (exact) mass is 371 g/mol. The van der Waals surface area contributed by atoms with Gasteiger partial charge in [0.2, 0.25) is 0 Å². The number of hydrogen-bond donors (Lipinski definition) is 1. The van der Waals surface area contributed by atoms with E-state index in [1.165, 1.54) is 37.7 Å². The number of carbonyl (C=O) groups is 1. The number of amides is 1. The summed E-state index contributed by atoms with van der Waals surface area (Å²) in [4.78, 5) is 21.7. The second-order valence-corrected chi connectivity index (χ2v) is 8.79. The Bertz CT molecular complexity index is 659. The number of nitrogens with zero attached hydrogens (tertiary/aromatic N) is 3. The summed E-state index contributed by atoms with van der Waals surface area (Å²) in [5.74, 6) is 0.731. The van der Waals surface area contributed by atoms with Crippen LogP contribution < -0.4 is 0 Å². The maximum absolute atomic E-state index is 13.1. The Morgan fingerprint density at radius 1 is 1.19 bits per heavy atom. The van der Waals surface area contributed by atoms with Crippen LogP contribution in [0.2, 0.25) is 0 Å². The van der Waals surface area contributed by atoms with Crippen molar-refractivity contribution in [3.8, 4) is 0 Å². The lowest BCUT2D eigenvalue weighted by Crippen LogP contribution is -2.59. The lowest BCUT2D eigenvalue weighted by molar-refractivity contribution is -0.160. The van der Waals surface area contributed by atoms with Gasteiger partial charge < -0.3 is 10.0 Å². The maximum atomic E-state index is 13.1. The predicted octanol–water partition coefficient (Wildman–Crippen LogP) is 2.76. The number of aromatic nitrogens is 1. The quantitative estimate of drug-likeness (QED) is 0.865. The second-order valence-electron chi connectivity index (χ2n) is 8.79. The van der Waals surface area contributed by atoms with Crippen LogP contribution in [0.5, 0.6) is 0 Å². The lowest BCUT2D eigenvalue weighted by Gasteiger charge is -2.42. The molecule has 1 aromatic heterocycles. The Balaban J connectivity index is 1.35. The van der Waals surface area contributed by atoms with Gasteiger partial charge in [-0.25, -0.2) is 0 Å². The smallest absolute Gasteiger partial charge is 0.255 e. The molecule has 1 amide bonds. The zero-order chi connectivity index (χ0) is 18.7. The number of aliphatic hydroxyl groups is 1. The van der Waals surface area contributed by atoms with Crippen LogP contribution in [0.25, 0.3) is 0 Å². The summed E-state index contributed by atoms with van der Waals surface area (Å²) in [6.07, 6.45) is 12.0. The number of hydrogen-bond acceptors (Lipinski definition) is 4. The van der Waals surface area contributed by atoms with Crippen LogP contribution in [0.4, 0.5) is 0 Å². The van der Waals surface area contributed by atoms with Gasteiger partial charge in [-0.05, 0) is 36.8 Å². The Labute approximate surface area is 162 Å². The SMILES string of the molecule is O=C1N(CCC2CCCCC2)CCC[C@@]1(O)CN1CCc2ncccc2C1. The van der Waals surface area contributed by atoms with Gasteiger partial charge in [-0.1, -0.05) is 38.2 Å². The summed E-state index contributed by atoms with van der Waals surface area (Å²) < 4.78 is 0. The summed E-state index contributed by atoms with van der Waals surface area (Å²) in [5, 5.41) is 11.2. The molecule has 2 aliphatic heterocycles. The van der Waals surface area contributed by atoms with Crippen molar-refractivity contribution in [2.75, 3.05) is 26.2 Å². The minimum absolute atomic E-state index is 0.0402. The molecule has 3 aliphatic rings. The van der Waals surface area contributed by atoms with E-state index in [9.17, 15) is 9.90 Å². The molecule has 1 N–H and O–H groups in total. The highest BCUT2D eigenvalue weighted by Gasteiger charge is 2.43. The average Bonchev–Trinajstić information content (AvgIpc) is 2.70. The van der Waals surface area contributed by atoms with Crippen LogP contribution in [0, 0.1) is 5.92 Å². The zero-order valence-corrected chi connectivity index (χ0v) is 16.4. The molecule has 1 aliphatic carbocycles. The van der Waals surface area contributed by atoms with E-state index in [0.29, 0.717) is 13.0 Å². The first-order valence-electron chi connectivity index (χ1n) is 10.8. The molecular formula is C22H33N3O2. The molecule has 0 bridgehead atoms. The van der Waals surface area contributed by atoms with Crippen molar-refractivity contribution in [1.29, 1.82) is 0 Å². The first kappa shape index (κ1) is 18.9. The molecule has 5 heteroatoms. The summed E-state index contributed by atoms with van der Waals surface area (Å²) in [6.45, 7) is 3.71. The highest BCUT2D eigenvalue weighted by atomic mass is 16.3. The van der Waals surface area contributed by atoms with E-state index in [1.54, 1.807) is 0 Å². The molecule has 0 radical (unpaired) electrons. The third-order valence-electron chi connectivity index (χ3n) is 6.76. The fourth-order valence-corrected chi connectivity index (χ4v) is 5.17. The third-order valence-corrected chi connectivity index (χ3v) is 6.76. The van der Waals surface area contributed by atoms with Crippen molar-refractivity contribution >= 4 is 5.91 Å². The van der Waals surface area contributed by atoms with Crippen LogP contribution in [0.15, 0.2) is 18.3 Å². The highest BCUT2D eigenvalue weighted by molar-refractivity contribution is 5.86. The summed E-state index contributed by atoms with van der Waals surface area (Å²) in [6, 6.07) is 4.08. The van der Waals surface area contributed by atoms with Crippen LogP contribution in [-0.2, 0) is 17.8 Å². The van der Waals surface area contributed by atoms with Gasteiger partial charge in [-0.15, -0.1) is 0 Å². The van der Waals surface area contributed by atoms with Gasteiger partial charge in [0.1, 0.15) is 0 Å². The Kier molecular flexibility index (Phi) is 5.79. The number of fused-ring (bicyclic) bond motifs is 1. The van der Waals surface area contributed by atoms with E-state index in [-0.39, 0.29) is 5.91 Å². The predicted molar refractivity (Wildman–Crippen MR) is 105 cm³/mol. The topological polar surface area (TPSA) is 56.7 Å².